The maximum Gasteiger partial charge on any atom is 0.417 e. The number of rotatable bonds is 6. The molecular formula is C18H12F5N3O3. The van der Waals surface area contributed by atoms with E-state index < -0.39 is 34.9 Å². The van der Waals surface area contributed by atoms with Crippen LogP contribution in [-0.2, 0) is 12.6 Å². The molecule has 0 unspecified atom stereocenters. The molecule has 11 heteroatoms. The summed E-state index contributed by atoms with van der Waals surface area (Å²) in [5.41, 5.74) is -1.25. The molecule has 0 bridgehead atoms. The molecule has 2 aromatic heterocycles. The van der Waals surface area contributed by atoms with Crippen LogP contribution in [0.4, 0.5) is 22.0 Å². The van der Waals surface area contributed by atoms with Crippen LogP contribution in [0.2, 0.25) is 0 Å². The standard InChI is InChI=1S/C18H12F5N3O3/c19-12-7-10(5-6-28-16-13(20)9-25-17(27)26-16)1-3-14(12)29-15-4-2-11(8-24-15)18(21,22)23/h1-4,7-9H,5-6H2,(H,25,26,27). The number of hydrogen-bond donors (Lipinski definition) is 1. The fraction of sp³-hybridized carbons (Fsp3) is 0.167. The van der Waals surface area contributed by atoms with Crippen molar-refractivity contribution in [2.45, 2.75) is 12.6 Å². The summed E-state index contributed by atoms with van der Waals surface area (Å²) >= 11 is 0. The molecule has 152 valence electrons. The zero-order valence-electron chi connectivity index (χ0n) is 14.5. The molecule has 0 fully saturated rings. The second-order valence-electron chi connectivity index (χ2n) is 5.71. The average Bonchev–Trinajstić information content (AvgIpc) is 2.66. The summed E-state index contributed by atoms with van der Waals surface area (Å²) in [6.45, 7) is -0.0759. The minimum Gasteiger partial charge on any atom is -0.475 e. The summed E-state index contributed by atoms with van der Waals surface area (Å²) in [5, 5.41) is 0. The van der Waals surface area contributed by atoms with Crippen LogP contribution in [0.25, 0.3) is 0 Å². The number of ether oxygens (including phenoxy) is 2. The van der Waals surface area contributed by atoms with Gasteiger partial charge in [-0.3, -0.25) is 0 Å². The molecule has 3 rings (SSSR count). The van der Waals surface area contributed by atoms with E-state index in [9.17, 15) is 26.7 Å². The molecule has 6 nitrogen and oxygen atoms in total. The molecule has 0 saturated heterocycles. The number of nitrogens with zero attached hydrogens (tertiary/aromatic N) is 2. The number of nitrogens with one attached hydrogen (secondary N) is 1. The molecule has 0 radical (unpaired) electrons. The van der Waals surface area contributed by atoms with Crippen LogP contribution in [0.1, 0.15) is 11.1 Å². The number of aromatic nitrogens is 3. The Labute approximate surface area is 160 Å². The van der Waals surface area contributed by atoms with Crippen molar-refractivity contribution in [1.82, 2.24) is 15.0 Å². The SMILES string of the molecule is O=c1nc(OCCc2ccc(Oc3ccc(C(F)(F)F)cn3)c(F)c2)c(F)c[nH]1. The molecule has 0 saturated carbocycles. The van der Waals surface area contributed by atoms with Gasteiger partial charge in [-0.05, 0) is 23.8 Å². The average molecular weight is 413 g/mol. The van der Waals surface area contributed by atoms with Gasteiger partial charge in [0.25, 0.3) is 5.88 Å². The monoisotopic (exact) mass is 413 g/mol. The minimum atomic E-state index is -4.54. The second-order valence-corrected chi connectivity index (χ2v) is 5.71. The summed E-state index contributed by atoms with van der Waals surface area (Å²) in [7, 11) is 0. The minimum absolute atomic E-state index is 0.0759. The fourth-order valence-corrected chi connectivity index (χ4v) is 2.24. The molecule has 3 aromatic rings. The van der Waals surface area contributed by atoms with Crippen molar-refractivity contribution in [3.8, 4) is 17.5 Å². The van der Waals surface area contributed by atoms with E-state index in [2.05, 4.69) is 9.97 Å². The molecule has 0 aliphatic heterocycles. The summed E-state index contributed by atoms with van der Waals surface area (Å²) in [5.74, 6) is -2.52. The van der Waals surface area contributed by atoms with Crippen molar-refractivity contribution in [3.05, 3.63) is 76.0 Å². The van der Waals surface area contributed by atoms with Gasteiger partial charge in [0.2, 0.25) is 11.7 Å². The number of pyridine rings is 1. The van der Waals surface area contributed by atoms with Crippen molar-refractivity contribution in [1.29, 1.82) is 0 Å². The molecule has 0 aliphatic carbocycles. The molecule has 0 spiro atoms. The van der Waals surface area contributed by atoms with E-state index in [0.29, 0.717) is 11.8 Å². The van der Waals surface area contributed by atoms with E-state index in [1.54, 1.807) is 0 Å². The van der Waals surface area contributed by atoms with Crippen LogP contribution in [0.5, 0.6) is 17.5 Å². The van der Waals surface area contributed by atoms with E-state index in [4.69, 9.17) is 9.47 Å². The number of aromatic amines is 1. The lowest BCUT2D eigenvalue weighted by Crippen LogP contribution is -2.14. The quantitative estimate of drug-likeness (QED) is 0.621. The van der Waals surface area contributed by atoms with Crippen LogP contribution in [-0.4, -0.2) is 21.6 Å². The van der Waals surface area contributed by atoms with Gasteiger partial charge in [-0.25, -0.2) is 14.2 Å². The van der Waals surface area contributed by atoms with Crippen molar-refractivity contribution in [2.75, 3.05) is 6.61 Å². The number of halogens is 5. The Morgan fingerprint density at radius 2 is 1.86 bits per heavy atom. The van der Waals surface area contributed by atoms with Crippen LogP contribution in [0.15, 0.2) is 47.5 Å². The number of H-pyrrole nitrogens is 1. The van der Waals surface area contributed by atoms with Gasteiger partial charge in [0.15, 0.2) is 11.6 Å². The zero-order valence-corrected chi connectivity index (χ0v) is 14.5. The molecule has 0 amide bonds. The third-order valence-electron chi connectivity index (χ3n) is 3.63. The summed E-state index contributed by atoms with van der Waals surface area (Å²) < 4.78 is 75.3. The molecule has 2 heterocycles. The highest BCUT2D eigenvalue weighted by atomic mass is 19.4. The lowest BCUT2D eigenvalue weighted by atomic mass is 10.1. The number of hydrogen-bond acceptors (Lipinski definition) is 5. The Morgan fingerprint density at radius 1 is 1.07 bits per heavy atom. The highest BCUT2D eigenvalue weighted by Crippen LogP contribution is 2.30. The topological polar surface area (TPSA) is 77.1 Å². The molecule has 0 atom stereocenters. The van der Waals surface area contributed by atoms with Gasteiger partial charge in [0, 0.05) is 24.9 Å². The van der Waals surface area contributed by atoms with E-state index in [-0.39, 0.29) is 24.7 Å². The predicted octanol–water partition coefficient (Wildman–Crippen LogP) is 3.88. The highest BCUT2D eigenvalue weighted by molar-refractivity contribution is 5.33. The van der Waals surface area contributed by atoms with Crippen LogP contribution >= 0.6 is 0 Å². The van der Waals surface area contributed by atoms with Crippen molar-refractivity contribution >= 4 is 0 Å². The summed E-state index contributed by atoms with van der Waals surface area (Å²) in [6.07, 6.45) is -2.97. The fourth-order valence-electron chi connectivity index (χ4n) is 2.24. The van der Waals surface area contributed by atoms with Crippen LogP contribution in [0.3, 0.4) is 0 Å². The van der Waals surface area contributed by atoms with Gasteiger partial charge in [-0.2, -0.15) is 22.5 Å². The van der Waals surface area contributed by atoms with E-state index in [1.807, 2.05) is 4.98 Å². The first-order valence-corrected chi connectivity index (χ1v) is 8.10. The third-order valence-corrected chi connectivity index (χ3v) is 3.63. The van der Waals surface area contributed by atoms with E-state index >= 15 is 0 Å². The third kappa shape index (κ3) is 5.27. The van der Waals surface area contributed by atoms with E-state index in [0.717, 1.165) is 24.4 Å². The Kier molecular flexibility index (Phi) is 5.76. The lowest BCUT2D eigenvalue weighted by molar-refractivity contribution is -0.137. The molecule has 29 heavy (non-hydrogen) atoms. The summed E-state index contributed by atoms with van der Waals surface area (Å²) in [4.78, 5) is 19.9. The first kappa shape index (κ1) is 20.2. The van der Waals surface area contributed by atoms with Crippen molar-refractivity contribution < 1.29 is 31.4 Å². The smallest absolute Gasteiger partial charge is 0.417 e. The predicted molar refractivity (Wildman–Crippen MR) is 89.7 cm³/mol. The normalized spacial score (nSPS) is 11.3. The van der Waals surface area contributed by atoms with Gasteiger partial charge in [-0.1, -0.05) is 6.07 Å². The lowest BCUT2D eigenvalue weighted by Gasteiger charge is -2.10. The van der Waals surface area contributed by atoms with Gasteiger partial charge in [0.05, 0.1) is 12.2 Å². The molecule has 1 N–H and O–H groups in total. The largest absolute Gasteiger partial charge is 0.475 e. The molecule has 1 aromatic carbocycles. The Morgan fingerprint density at radius 3 is 2.52 bits per heavy atom. The van der Waals surface area contributed by atoms with E-state index in [1.165, 1.54) is 12.1 Å². The summed E-state index contributed by atoms with van der Waals surface area (Å²) in [6, 6.07) is 5.65. The Balaban J connectivity index is 1.61. The second kappa shape index (κ2) is 8.25. The van der Waals surface area contributed by atoms with Gasteiger partial charge in [-0.15, -0.1) is 0 Å². The maximum atomic E-state index is 14.2. The number of alkyl halides is 3. The molecular weight excluding hydrogens is 401 g/mol. The molecule has 0 aliphatic rings. The van der Waals surface area contributed by atoms with Gasteiger partial charge >= 0.3 is 11.9 Å². The Hall–Kier alpha value is -3.50. The van der Waals surface area contributed by atoms with Crippen molar-refractivity contribution in [3.63, 3.8) is 0 Å². The zero-order chi connectivity index (χ0) is 21.0. The first-order valence-electron chi connectivity index (χ1n) is 8.10. The van der Waals surface area contributed by atoms with Crippen LogP contribution in [0, 0.1) is 11.6 Å². The van der Waals surface area contributed by atoms with Gasteiger partial charge < -0.3 is 14.5 Å². The van der Waals surface area contributed by atoms with Crippen molar-refractivity contribution in [2.24, 2.45) is 0 Å². The Bertz CT molecular complexity index is 1050. The van der Waals surface area contributed by atoms with Crippen LogP contribution < -0.4 is 15.2 Å². The first-order chi connectivity index (χ1) is 13.7. The number of benzene rings is 1. The maximum absolute atomic E-state index is 14.2. The highest BCUT2D eigenvalue weighted by Gasteiger charge is 2.30. The van der Waals surface area contributed by atoms with Gasteiger partial charge in [0.1, 0.15) is 0 Å².